The molecule has 114 valence electrons. The largest absolute Gasteiger partial charge is 0.398 e. The predicted octanol–water partition coefficient (Wildman–Crippen LogP) is 1.26. The van der Waals surface area contributed by atoms with E-state index in [2.05, 4.69) is 19.9 Å². The Morgan fingerprint density at radius 3 is 2.86 bits per heavy atom. The van der Waals surface area contributed by atoms with E-state index in [0.29, 0.717) is 29.1 Å². The summed E-state index contributed by atoms with van der Waals surface area (Å²) in [7, 11) is -3.64. The topological polar surface area (TPSA) is 114 Å². The number of aromatic nitrogens is 3. The van der Waals surface area contributed by atoms with Crippen LogP contribution in [0.2, 0.25) is 5.02 Å². The van der Waals surface area contributed by atoms with Crippen molar-refractivity contribution in [1.29, 1.82) is 0 Å². The van der Waals surface area contributed by atoms with Crippen molar-refractivity contribution in [3.8, 4) is 0 Å². The van der Waals surface area contributed by atoms with Crippen LogP contribution in [0.1, 0.15) is 17.8 Å². The fraction of sp³-hybridized carbons (Fsp3) is 0.333. The zero-order valence-electron chi connectivity index (χ0n) is 11.4. The molecule has 0 unspecified atom stereocenters. The Balaban J connectivity index is 2.02. The van der Waals surface area contributed by atoms with Gasteiger partial charge in [0, 0.05) is 23.7 Å². The molecule has 7 nitrogen and oxygen atoms in total. The van der Waals surface area contributed by atoms with Crippen LogP contribution in [0.15, 0.2) is 23.4 Å². The fourth-order valence-corrected chi connectivity index (χ4v) is 3.51. The lowest BCUT2D eigenvalue weighted by Crippen LogP contribution is -2.26. The number of nitrogens with two attached hydrogens (primary N) is 1. The van der Waals surface area contributed by atoms with Crippen molar-refractivity contribution < 1.29 is 8.42 Å². The van der Waals surface area contributed by atoms with Crippen molar-refractivity contribution in [1.82, 2.24) is 19.9 Å². The minimum atomic E-state index is -3.64. The summed E-state index contributed by atoms with van der Waals surface area (Å²) >= 11 is 5.87. The lowest BCUT2D eigenvalue weighted by molar-refractivity contribution is 0.577. The fourth-order valence-electron chi connectivity index (χ4n) is 1.84. The Morgan fingerprint density at radius 2 is 2.19 bits per heavy atom. The summed E-state index contributed by atoms with van der Waals surface area (Å²) in [6, 6.07) is 2.92. The molecule has 1 aromatic carbocycles. The van der Waals surface area contributed by atoms with Gasteiger partial charge in [-0.2, -0.15) is 5.10 Å². The molecule has 1 aromatic heterocycles. The van der Waals surface area contributed by atoms with Crippen LogP contribution < -0.4 is 10.5 Å². The zero-order valence-corrected chi connectivity index (χ0v) is 13.0. The Labute approximate surface area is 128 Å². The third-order valence-electron chi connectivity index (χ3n) is 3.00. The number of aromatic amines is 1. The molecule has 0 aliphatic rings. The highest BCUT2D eigenvalue weighted by Gasteiger charge is 2.18. The molecule has 0 saturated heterocycles. The number of aryl methyl sites for hydroxylation is 1. The van der Waals surface area contributed by atoms with Crippen LogP contribution in [-0.2, 0) is 16.4 Å². The summed E-state index contributed by atoms with van der Waals surface area (Å²) in [6.45, 7) is 1.93. The molecule has 0 bridgehead atoms. The highest BCUT2D eigenvalue weighted by molar-refractivity contribution is 7.89. The van der Waals surface area contributed by atoms with Gasteiger partial charge >= 0.3 is 0 Å². The van der Waals surface area contributed by atoms with Crippen molar-refractivity contribution in [3.63, 3.8) is 0 Å². The van der Waals surface area contributed by atoms with Crippen molar-refractivity contribution in [2.75, 3.05) is 12.3 Å². The minimum Gasteiger partial charge on any atom is -0.398 e. The van der Waals surface area contributed by atoms with Crippen molar-refractivity contribution in [3.05, 3.63) is 34.9 Å². The van der Waals surface area contributed by atoms with Crippen LogP contribution in [-0.4, -0.2) is 30.1 Å². The summed E-state index contributed by atoms with van der Waals surface area (Å²) in [6.07, 6.45) is 2.63. The molecular weight excluding hydrogens is 314 g/mol. The number of nitrogen functional groups attached to an aromatic ring is 1. The van der Waals surface area contributed by atoms with E-state index in [4.69, 9.17) is 17.3 Å². The van der Waals surface area contributed by atoms with E-state index in [1.54, 1.807) is 6.92 Å². The smallest absolute Gasteiger partial charge is 0.240 e. The molecule has 0 fully saturated rings. The lowest BCUT2D eigenvalue weighted by atomic mass is 10.2. The molecule has 0 aliphatic carbocycles. The van der Waals surface area contributed by atoms with Crippen LogP contribution in [0, 0.1) is 6.92 Å². The van der Waals surface area contributed by atoms with Crippen LogP contribution in [0.4, 0.5) is 5.69 Å². The van der Waals surface area contributed by atoms with Crippen molar-refractivity contribution in [2.24, 2.45) is 0 Å². The third-order valence-corrected chi connectivity index (χ3v) is 4.81. The number of hydrogen-bond acceptors (Lipinski definition) is 5. The maximum Gasteiger partial charge on any atom is 0.240 e. The van der Waals surface area contributed by atoms with E-state index >= 15 is 0 Å². The monoisotopic (exact) mass is 329 g/mol. The second-order valence-electron chi connectivity index (χ2n) is 4.55. The highest BCUT2D eigenvalue weighted by Crippen LogP contribution is 2.25. The first-order valence-electron chi connectivity index (χ1n) is 6.29. The number of hydrogen-bond donors (Lipinski definition) is 3. The predicted molar refractivity (Wildman–Crippen MR) is 80.5 cm³/mol. The molecular formula is C12H16ClN5O2S. The van der Waals surface area contributed by atoms with Gasteiger partial charge in [0.2, 0.25) is 10.0 Å². The van der Waals surface area contributed by atoms with E-state index < -0.39 is 10.0 Å². The number of H-pyrrole nitrogens is 1. The zero-order chi connectivity index (χ0) is 15.5. The van der Waals surface area contributed by atoms with Gasteiger partial charge in [-0.05, 0) is 31.0 Å². The SMILES string of the molecule is Cc1c(N)cc(Cl)cc1S(=O)(=O)NCCCc1ncn[nH]1. The number of sulfonamides is 1. The average molecular weight is 330 g/mol. The molecule has 2 rings (SSSR count). The molecule has 0 radical (unpaired) electrons. The van der Waals surface area contributed by atoms with E-state index in [0.717, 1.165) is 5.82 Å². The van der Waals surface area contributed by atoms with Gasteiger partial charge in [0.15, 0.2) is 0 Å². The number of rotatable bonds is 6. The van der Waals surface area contributed by atoms with E-state index in [1.807, 2.05) is 0 Å². The molecule has 9 heteroatoms. The third kappa shape index (κ3) is 3.93. The van der Waals surface area contributed by atoms with Crippen LogP contribution in [0.3, 0.4) is 0 Å². The number of nitrogens with one attached hydrogen (secondary N) is 2. The minimum absolute atomic E-state index is 0.104. The summed E-state index contributed by atoms with van der Waals surface area (Å²) in [5, 5.41) is 6.73. The number of nitrogens with zero attached hydrogens (tertiary/aromatic N) is 2. The average Bonchev–Trinajstić information content (AvgIpc) is 2.92. The number of benzene rings is 1. The van der Waals surface area contributed by atoms with Crippen LogP contribution in [0.5, 0.6) is 0 Å². The summed E-state index contributed by atoms with van der Waals surface area (Å²) < 4.78 is 27.0. The maximum absolute atomic E-state index is 12.3. The Bertz CT molecular complexity index is 715. The quantitative estimate of drug-likeness (QED) is 0.545. The first-order chi connectivity index (χ1) is 9.90. The Morgan fingerprint density at radius 1 is 1.43 bits per heavy atom. The van der Waals surface area contributed by atoms with Gasteiger partial charge in [-0.3, -0.25) is 5.10 Å². The van der Waals surface area contributed by atoms with Crippen LogP contribution in [0.25, 0.3) is 0 Å². The molecule has 0 saturated carbocycles. The number of anilines is 1. The summed E-state index contributed by atoms with van der Waals surface area (Å²) in [5.41, 5.74) is 6.58. The second kappa shape index (κ2) is 6.42. The second-order valence-corrected chi connectivity index (χ2v) is 6.72. The summed E-state index contributed by atoms with van der Waals surface area (Å²) in [5.74, 6) is 0.720. The van der Waals surface area contributed by atoms with Gasteiger partial charge in [0.1, 0.15) is 12.2 Å². The van der Waals surface area contributed by atoms with Gasteiger partial charge in [-0.25, -0.2) is 18.1 Å². The molecule has 0 atom stereocenters. The first kappa shape index (κ1) is 15.7. The van der Waals surface area contributed by atoms with Crippen molar-refractivity contribution >= 4 is 27.3 Å². The van der Waals surface area contributed by atoms with E-state index in [1.165, 1.54) is 18.5 Å². The van der Waals surface area contributed by atoms with Gasteiger partial charge in [-0.15, -0.1) is 0 Å². The molecule has 0 spiro atoms. The van der Waals surface area contributed by atoms with Crippen molar-refractivity contribution in [2.45, 2.75) is 24.7 Å². The van der Waals surface area contributed by atoms with Crippen LogP contribution >= 0.6 is 11.6 Å². The van der Waals surface area contributed by atoms with E-state index in [-0.39, 0.29) is 11.4 Å². The maximum atomic E-state index is 12.3. The van der Waals surface area contributed by atoms with Gasteiger partial charge in [0.25, 0.3) is 0 Å². The number of halogens is 1. The Hall–Kier alpha value is -1.64. The highest BCUT2D eigenvalue weighted by atomic mass is 35.5. The van der Waals surface area contributed by atoms with Gasteiger partial charge < -0.3 is 5.73 Å². The summed E-state index contributed by atoms with van der Waals surface area (Å²) in [4.78, 5) is 4.07. The van der Waals surface area contributed by atoms with E-state index in [9.17, 15) is 8.42 Å². The molecule has 0 aliphatic heterocycles. The molecule has 4 N–H and O–H groups in total. The molecule has 2 aromatic rings. The van der Waals surface area contributed by atoms with Gasteiger partial charge in [0.05, 0.1) is 4.90 Å². The molecule has 0 amide bonds. The molecule has 21 heavy (non-hydrogen) atoms. The molecule has 1 heterocycles. The lowest BCUT2D eigenvalue weighted by Gasteiger charge is -2.11. The Kier molecular flexibility index (Phi) is 4.81. The normalized spacial score (nSPS) is 11.7. The standard InChI is InChI=1S/C12H16ClN5O2S/c1-8-10(14)5-9(13)6-11(8)21(19,20)17-4-2-3-12-15-7-16-18-12/h5-7,17H,2-4,14H2,1H3,(H,15,16,18). The van der Waals surface area contributed by atoms with Gasteiger partial charge in [-0.1, -0.05) is 11.6 Å². The first-order valence-corrected chi connectivity index (χ1v) is 8.16.